The van der Waals surface area contributed by atoms with E-state index in [1.165, 1.54) is 0 Å². The van der Waals surface area contributed by atoms with Crippen LogP contribution in [0.2, 0.25) is 0 Å². The highest BCUT2D eigenvalue weighted by Crippen LogP contribution is 2.23. The van der Waals surface area contributed by atoms with Crippen LogP contribution in [-0.4, -0.2) is 18.0 Å². The first kappa shape index (κ1) is 14.4. The monoisotopic (exact) mass is 348 g/mol. The van der Waals surface area contributed by atoms with Crippen LogP contribution in [-0.2, 0) is 6.42 Å². The summed E-state index contributed by atoms with van der Waals surface area (Å²) in [7, 11) is 1.89. The fourth-order valence-corrected chi connectivity index (χ4v) is 2.26. The normalized spacial score (nSPS) is 12.8. The van der Waals surface area contributed by atoms with Crippen molar-refractivity contribution in [3.63, 3.8) is 0 Å². The first-order valence-corrected chi connectivity index (χ1v) is 6.63. The van der Waals surface area contributed by atoms with Crippen molar-refractivity contribution in [1.29, 1.82) is 0 Å². The van der Waals surface area contributed by atoms with Crippen molar-refractivity contribution in [2.24, 2.45) is 5.92 Å². The molecule has 0 radical (unpaired) electrons. The van der Waals surface area contributed by atoms with Crippen molar-refractivity contribution in [2.45, 2.75) is 26.3 Å². The van der Waals surface area contributed by atoms with Gasteiger partial charge < -0.3 is 5.32 Å². The van der Waals surface area contributed by atoms with E-state index in [0.717, 1.165) is 9.13 Å². The fourth-order valence-electron chi connectivity index (χ4n) is 1.79. The molecule has 0 aliphatic heterocycles. The van der Waals surface area contributed by atoms with Gasteiger partial charge in [-0.1, -0.05) is 19.9 Å². The molecule has 0 aromatic heterocycles. The molecule has 0 spiro atoms. The van der Waals surface area contributed by atoms with Crippen molar-refractivity contribution in [1.82, 2.24) is 5.32 Å². The molecule has 1 atom stereocenters. The second kappa shape index (κ2) is 6.30. The van der Waals surface area contributed by atoms with Gasteiger partial charge in [0.15, 0.2) is 0 Å². The maximum absolute atomic E-state index is 11.0. The highest BCUT2D eigenvalue weighted by atomic mass is 127. The van der Waals surface area contributed by atoms with E-state index in [9.17, 15) is 10.1 Å². The number of benzene rings is 1. The summed E-state index contributed by atoms with van der Waals surface area (Å²) < 4.78 is 0.892. The van der Waals surface area contributed by atoms with Gasteiger partial charge in [0.05, 0.1) is 4.92 Å². The van der Waals surface area contributed by atoms with E-state index in [0.29, 0.717) is 12.3 Å². The third kappa shape index (κ3) is 3.92. The SMILES string of the molecule is CNC(Cc1ccc(I)cc1[N+](=O)[O-])C(C)C. The summed E-state index contributed by atoms with van der Waals surface area (Å²) in [4.78, 5) is 10.7. The Bertz CT molecular complexity index is 407. The molecule has 1 aromatic rings. The standard InChI is InChI=1S/C12H17IN2O2/c1-8(2)11(14-3)6-9-4-5-10(13)7-12(9)15(16)17/h4-5,7-8,11,14H,6H2,1-3H3. The van der Waals surface area contributed by atoms with Gasteiger partial charge in [-0.3, -0.25) is 10.1 Å². The Kier molecular flexibility index (Phi) is 5.32. The van der Waals surface area contributed by atoms with Crippen LogP contribution >= 0.6 is 22.6 Å². The van der Waals surface area contributed by atoms with Crippen molar-refractivity contribution >= 4 is 28.3 Å². The van der Waals surface area contributed by atoms with Gasteiger partial charge in [0.2, 0.25) is 0 Å². The first-order chi connectivity index (χ1) is 7.95. The third-order valence-electron chi connectivity index (χ3n) is 2.86. The number of nitro benzene ring substituents is 1. The molecular weight excluding hydrogens is 331 g/mol. The number of hydrogen-bond donors (Lipinski definition) is 1. The summed E-state index contributed by atoms with van der Waals surface area (Å²) in [6.45, 7) is 4.22. The Hall–Kier alpha value is -0.690. The molecule has 0 heterocycles. The van der Waals surface area contributed by atoms with E-state index in [1.807, 2.05) is 19.2 Å². The molecule has 0 saturated carbocycles. The Labute approximate surface area is 115 Å². The highest BCUT2D eigenvalue weighted by molar-refractivity contribution is 14.1. The minimum atomic E-state index is -0.301. The third-order valence-corrected chi connectivity index (χ3v) is 3.53. The van der Waals surface area contributed by atoms with E-state index in [2.05, 4.69) is 41.8 Å². The lowest BCUT2D eigenvalue weighted by Gasteiger charge is -2.20. The van der Waals surface area contributed by atoms with Crippen LogP contribution < -0.4 is 5.32 Å². The Balaban J connectivity index is 3.01. The molecule has 4 nitrogen and oxygen atoms in total. The summed E-state index contributed by atoms with van der Waals surface area (Å²) in [5.74, 6) is 0.443. The molecule has 1 N–H and O–H groups in total. The molecule has 0 amide bonds. The highest BCUT2D eigenvalue weighted by Gasteiger charge is 2.19. The van der Waals surface area contributed by atoms with Crippen LogP contribution in [0.15, 0.2) is 18.2 Å². The van der Waals surface area contributed by atoms with Crippen LogP contribution in [0.5, 0.6) is 0 Å². The zero-order valence-electron chi connectivity index (χ0n) is 10.2. The molecule has 0 bridgehead atoms. The molecule has 1 unspecified atom stereocenters. The molecule has 0 fully saturated rings. The first-order valence-electron chi connectivity index (χ1n) is 5.55. The van der Waals surface area contributed by atoms with E-state index < -0.39 is 0 Å². The Morgan fingerprint density at radius 3 is 2.59 bits per heavy atom. The van der Waals surface area contributed by atoms with E-state index in [4.69, 9.17) is 0 Å². The van der Waals surface area contributed by atoms with Gasteiger partial charge in [-0.25, -0.2) is 0 Å². The maximum atomic E-state index is 11.0. The quantitative estimate of drug-likeness (QED) is 0.506. The van der Waals surface area contributed by atoms with Gasteiger partial charge >= 0.3 is 0 Å². The maximum Gasteiger partial charge on any atom is 0.273 e. The summed E-state index contributed by atoms with van der Waals surface area (Å²) in [6.07, 6.45) is 0.682. The number of nitro groups is 1. The molecular formula is C12H17IN2O2. The second-order valence-electron chi connectivity index (χ2n) is 4.37. The van der Waals surface area contributed by atoms with Crippen molar-refractivity contribution in [3.05, 3.63) is 37.4 Å². The van der Waals surface area contributed by atoms with Gasteiger partial charge in [-0.05, 0) is 48.0 Å². The predicted molar refractivity (Wildman–Crippen MR) is 77.2 cm³/mol. The van der Waals surface area contributed by atoms with Crippen LogP contribution in [0, 0.1) is 19.6 Å². The number of nitrogens with one attached hydrogen (secondary N) is 1. The summed E-state index contributed by atoms with van der Waals surface area (Å²) in [5.41, 5.74) is 1.02. The fraction of sp³-hybridized carbons (Fsp3) is 0.500. The van der Waals surface area contributed by atoms with E-state index in [-0.39, 0.29) is 16.7 Å². The molecule has 0 aliphatic carbocycles. The van der Waals surface area contributed by atoms with Crippen molar-refractivity contribution in [2.75, 3.05) is 7.05 Å². The van der Waals surface area contributed by atoms with Crippen molar-refractivity contribution in [3.8, 4) is 0 Å². The Morgan fingerprint density at radius 2 is 2.12 bits per heavy atom. The average Bonchev–Trinajstić information content (AvgIpc) is 2.26. The lowest BCUT2D eigenvalue weighted by molar-refractivity contribution is -0.385. The van der Waals surface area contributed by atoms with Crippen LogP contribution in [0.25, 0.3) is 0 Å². The molecule has 5 heteroatoms. The topological polar surface area (TPSA) is 55.2 Å². The van der Waals surface area contributed by atoms with Gasteiger partial charge in [-0.2, -0.15) is 0 Å². The van der Waals surface area contributed by atoms with Gasteiger partial charge in [-0.15, -0.1) is 0 Å². The zero-order valence-corrected chi connectivity index (χ0v) is 12.4. The Morgan fingerprint density at radius 1 is 1.47 bits per heavy atom. The number of rotatable bonds is 5. The van der Waals surface area contributed by atoms with Crippen LogP contribution in [0.4, 0.5) is 5.69 Å². The van der Waals surface area contributed by atoms with Crippen LogP contribution in [0.1, 0.15) is 19.4 Å². The molecule has 0 aliphatic rings. The van der Waals surface area contributed by atoms with Crippen molar-refractivity contribution < 1.29 is 4.92 Å². The summed E-state index contributed by atoms with van der Waals surface area (Å²) >= 11 is 2.09. The number of halogens is 1. The lowest BCUT2D eigenvalue weighted by Crippen LogP contribution is -2.32. The minimum Gasteiger partial charge on any atom is -0.316 e. The minimum absolute atomic E-state index is 0.220. The molecule has 1 rings (SSSR count). The van der Waals surface area contributed by atoms with Gasteiger partial charge in [0.1, 0.15) is 0 Å². The largest absolute Gasteiger partial charge is 0.316 e. The molecule has 1 aromatic carbocycles. The molecule has 94 valence electrons. The average molecular weight is 348 g/mol. The number of hydrogen-bond acceptors (Lipinski definition) is 3. The lowest BCUT2D eigenvalue weighted by atomic mass is 9.96. The molecule has 0 saturated heterocycles. The smallest absolute Gasteiger partial charge is 0.273 e. The number of nitrogens with zero attached hydrogens (tertiary/aromatic N) is 1. The van der Waals surface area contributed by atoms with Crippen LogP contribution in [0.3, 0.4) is 0 Å². The summed E-state index contributed by atoms with van der Waals surface area (Å²) in [5, 5.41) is 14.2. The van der Waals surface area contributed by atoms with Gasteiger partial charge in [0, 0.05) is 21.2 Å². The zero-order chi connectivity index (χ0) is 13.0. The summed E-state index contributed by atoms with van der Waals surface area (Å²) in [6, 6.07) is 5.65. The van der Waals surface area contributed by atoms with E-state index >= 15 is 0 Å². The van der Waals surface area contributed by atoms with E-state index in [1.54, 1.807) is 6.07 Å². The predicted octanol–water partition coefficient (Wildman–Crippen LogP) is 2.99. The second-order valence-corrected chi connectivity index (χ2v) is 5.62. The van der Waals surface area contributed by atoms with Gasteiger partial charge in [0.25, 0.3) is 5.69 Å². The molecule has 17 heavy (non-hydrogen) atoms. The number of likely N-dealkylation sites (N-methyl/N-ethyl adjacent to an activating group) is 1.